The second-order valence-corrected chi connectivity index (χ2v) is 9.49. The lowest BCUT2D eigenvalue weighted by Crippen LogP contribution is -2.28. The van der Waals surface area contributed by atoms with Crippen LogP contribution in [0.15, 0.2) is 53.8 Å². The number of thioether (sulfide) groups is 1. The Hall–Kier alpha value is -3.20. The van der Waals surface area contributed by atoms with Crippen LogP contribution in [-0.4, -0.2) is 37.8 Å². The molecule has 3 heterocycles. The highest BCUT2D eigenvalue weighted by atomic mass is 32.2. The molecular formula is C23H24FN5O2S. The highest BCUT2D eigenvalue weighted by molar-refractivity contribution is 8.14. The van der Waals surface area contributed by atoms with Gasteiger partial charge in [-0.05, 0) is 42.5 Å². The molecule has 166 valence electrons. The van der Waals surface area contributed by atoms with E-state index >= 15 is 0 Å². The van der Waals surface area contributed by atoms with E-state index in [4.69, 9.17) is 4.74 Å². The van der Waals surface area contributed by atoms with Crippen LogP contribution in [0.5, 0.6) is 5.88 Å². The summed E-state index contributed by atoms with van der Waals surface area (Å²) < 4.78 is 20.5. The van der Waals surface area contributed by atoms with E-state index in [1.807, 2.05) is 26.8 Å². The number of amides is 1. The number of halogens is 1. The summed E-state index contributed by atoms with van der Waals surface area (Å²) in [5.41, 5.74) is 2.47. The predicted octanol–water partition coefficient (Wildman–Crippen LogP) is 4.51. The summed E-state index contributed by atoms with van der Waals surface area (Å²) in [6.07, 6.45) is 1.63. The van der Waals surface area contributed by atoms with Gasteiger partial charge in [-0.2, -0.15) is 10.2 Å². The minimum Gasteiger partial charge on any atom is -0.481 e. The number of rotatable bonds is 4. The monoisotopic (exact) mass is 453 g/mol. The molecule has 7 nitrogen and oxygen atoms in total. The Morgan fingerprint density at radius 3 is 2.53 bits per heavy atom. The summed E-state index contributed by atoms with van der Waals surface area (Å²) in [5.74, 6) is -0.213. The fourth-order valence-corrected chi connectivity index (χ4v) is 4.48. The van der Waals surface area contributed by atoms with E-state index < -0.39 is 5.37 Å². The molecule has 9 heteroatoms. The number of aromatic nitrogens is 3. The van der Waals surface area contributed by atoms with Crippen molar-refractivity contribution in [3.8, 4) is 5.88 Å². The molecule has 32 heavy (non-hydrogen) atoms. The van der Waals surface area contributed by atoms with Crippen LogP contribution in [0.3, 0.4) is 0 Å². The van der Waals surface area contributed by atoms with Gasteiger partial charge in [0, 0.05) is 29.8 Å². The van der Waals surface area contributed by atoms with Gasteiger partial charge in [-0.3, -0.25) is 9.48 Å². The highest BCUT2D eigenvalue weighted by Crippen LogP contribution is 2.44. The standard InChI is InChI=1S/C23H24FN5O2S/c1-23(2,3)18-13-17(28(4)26-18)21(30)29-22(16-7-6-12-25-19(16)31-5)32-20(27-29)14-8-10-15(24)11-9-14/h6-13,22H,1-5H3. The zero-order valence-corrected chi connectivity index (χ0v) is 19.4. The van der Waals surface area contributed by atoms with Gasteiger partial charge in [0.05, 0.1) is 12.8 Å². The second-order valence-electron chi connectivity index (χ2n) is 8.42. The van der Waals surface area contributed by atoms with Gasteiger partial charge in [0.15, 0.2) is 0 Å². The predicted molar refractivity (Wildman–Crippen MR) is 122 cm³/mol. The number of hydrogen-bond donors (Lipinski definition) is 0. The van der Waals surface area contributed by atoms with Crippen LogP contribution in [0.2, 0.25) is 0 Å². The van der Waals surface area contributed by atoms with Gasteiger partial charge in [0.2, 0.25) is 5.88 Å². The first-order chi connectivity index (χ1) is 15.2. The topological polar surface area (TPSA) is 72.6 Å². The van der Waals surface area contributed by atoms with Gasteiger partial charge in [0.1, 0.15) is 21.9 Å². The van der Waals surface area contributed by atoms with Crippen molar-refractivity contribution in [1.29, 1.82) is 0 Å². The van der Waals surface area contributed by atoms with E-state index in [2.05, 4.69) is 15.2 Å². The number of methoxy groups -OCH3 is 1. The average Bonchev–Trinajstić information content (AvgIpc) is 3.38. The molecule has 1 aliphatic heterocycles. The maximum Gasteiger partial charge on any atom is 0.293 e. The van der Waals surface area contributed by atoms with Crippen LogP contribution >= 0.6 is 11.8 Å². The molecule has 4 rings (SSSR count). The molecule has 1 aromatic carbocycles. The Morgan fingerprint density at radius 1 is 1.19 bits per heavy atom. The zero-order chi connectivity index (χ0) is 23.0. The zero-order valence-electron chi connectivity index (χ0n) is 18.5. The van der Waals surface area contributed by atoms with E-state index in [-0.39, 0.29) is 17.1 Å². The lowest BCUT2D eigenvalue weighted by Gasteiger charge is -2.22. The minimum atomic E-state index is -0.501. The van der Waals surface area contributed by atoms with Crippen molar-refractivity contribution in [2.75, 3.05) is 7.11 Å². The maximum absolute atomic E-state index is 13.6. The van der Waals surface area contributed by atoms with Gasteiger partial charge >= 0.3 is 0 Å². The molecule has 0 fully saturated rings. The molecule has 0 saturated heterocycles. The molecule has 0 aliphatic carbocycles. The Kier molecular flexibility index (Phi) is 5.77. The van der Waals surface area contributed by atoms with Crippen molar-refractivity contribution in [2.45, 2.75) is 31.6 Å². The molecule has 1 aliphatic rings. The van der Waals surface area contributed by atoms with Crippen molar-refractivity contribution in [3.63, 3.8) is 0 Å². The number of carbonyl (C=O) groups is 1. The molecule has 2 aromatic heterocycles. The summed E-state index contributed by atoms with van der Waals surface area (Å²) in [7, 11) is 3.28. The lowest BCUT2D eigenvalue weighted by atomic mass is 9.92. The summed E-state index contributed by atoms with van der Waals surface area (Å²) in [4.78, 5) is 17.9. The SMILES string of the molecule is COc1ncccc1C1SC(c2ccc(F)cc2)=NN1C(=O)c1cc(C(C)(C)C)nn1C. The Bertz CT molecular complexity index is 1180. The normalized spacial score (nSPS) is 16.2. The van der Waals surface area contributed by atoms with Crippen molar-refractivity contribution in [1.82, 2.24) is 19.8 Å². The van der Waals surface area contributed by atoms with Crippen molar-refractivity contribution >= 4 is 22.7 Å². The third-order valence-corrected chi connectivity index (χ3v) is 6.29. The number of benzene rings is 1. The molecule has 0 N–H and O–H groups in total. The number of carbonyl (C=O) groups excluding carboxylic acids is 1. The Balaban J connectivity index is 1.78. The third-order valence-electron chi connectivity index (χ3n) is 5.07. The molecule has 3 aromatic rings. The lowest BCUT2D eigenvalue weighted by molar-refractivity contribution is 0.0736. The molecular weight excluding hydrogens is 429 g/mol. The smallest absolute Gasteiger partial charge is 0.293 e. The number of nitrogens with zero attached hydrogens (tertiary/aromatic N) is 5. The summed E-state index contributed by atoms with van der Waals surface area (Å²) in [5, 5.41) is 10.7. The number of aryl methyl sites for hydroxylation is 1. The van der Waals surface area contributed by atoms with Gasteiger partial charge in [-0.15, -0.1) is 0 Å². The van der Waals surface area contributed by atoms with Crippen molar-refractivity contribution < 1.29 is 13.9 Å². The number of pyridine rings is 1. The molecule has 0 radical (unpaired) electrons. The summed E-state index contributed by atoms with van der Waals surface area (Å²) in [6, 6.07) is 11.5. The summed E-state index contributed by atoms with van der Waals surface area (Å²) in [6.45, 7) is 6.14. The second kappa shape index (κ2) is 8.38. The van der Waals surface area contributed by atoms with Crippen LogP contribution in [0.1, 0.15) is 53.5 Å². The molecule has 1 atom stereocenters. The number of hydrogen-bond acceptors (Lipinski definition) is 6. The first-order valence-electron chi connectivity index (χ1n) is 10.1. The molecule has 0 saturated carbocycles. The van der Waals surface area contributed by atoms with E-state index in [1.54, 1.807) is 42.2 Å². The van der Waals surface area contributed by atoms with Gasteiger partial charge in [-0.1, -0.05) is 32.5 Å². The van der Waals surface area contributed by atoms with Gasteiger partial charge in [0.25, 0.3) is 5.91 Å². The number of ether oxygens (including phenoxy) is 1. The fraction of sp³-hybridized carbons (Fsp3) is 0.304. The van der Waals surface area contributed by atoms with Gasteiger partial charge in [-0.25, -0.2) is 14.4 Å². The van der Waals surface area contributed by atoms with E-state index in [0.29, 0.717) is 22.2 Å². The maximum atomic E-state index is 13.6. The van der Waals surface area contributed by atoms with E-state index in [0.717, 1.165) is 11.3 Å². The fourth-order valence-electron chi connectivity index (χ4n) is 3.31. The van der Waals surface area contributed by atoms with E-state index in [1.165, 1.54) is 36.0 Å². The molecule has 0 bridgehead atoms. The van der Waals surface area contributed by atoms with E-state index in [9.17, 15) is 9.18 Å². The summed E-state index contributed by atoms with van der Waals surface area (Å²) >= 11 is 1.38. The molecule has 1 amide bonds. The van der Waals surface area contributed by atoms with Crippen LogP contribution in [0.25, 0.3) is 0 Å². The minimum absolute atomic E-state index is 0.204. The quantitative estimate of drug-likeness (QED) is 0.581. The van der Waals surface area contributed by atoms with Crippen LogP contribution < -0.4 is 4.74 Å². The van der Waals surface area contributed by atoms with Crippen LogP contribution in [0.4, 0.5) is 4.39 Å². The highest BCUT2D eigenvalue weighted by Gasteiger charge is 2.38. The first-order valence-corrected chi connectivity index (χ1v) is 10.9. The number of hydrazone groups is 1. The van der Waals surface area contributed by atoms with Crippen molar-refractivity contribution in [2.24, 2.45) is 12.1 Å². The first kappa shape index (κ1) is 22.0. The van der Waals surface area contributed by atoms with Crippen molar-refractivity contribution in [3.05, 3.63) is 77.0 Å². The van der Waals surface area contributed by atoms with Crippen LogP contribution in [0, 0.1) is 5.82 Å². The Labute approximate surface area is 190 Å². The largest absolute Gasteiger partial charge is 0.481 e. The van der Waals surface area contributed by atoms with Gasteiger partial charge < -0.3 is 4.74 Å². The molecule has 0 spiro atoms. The molecule has 1 unspecified atom stereocenters. The van der Waals surface area contributed by atoms with Crippen LogP contribution in [-0.2, 0) is 12.5 Å². The Morgan fingerprint density at radius 2 is 1.91 bits per heavy atom. The third kappa shape index (κ3) is 4.12. The average molecular weight is 454 g/mol.